The molecule has 0 saturated heterocycles. The fourth-order valence-electron chi connectivity index (χ4n) is 5.10. The minimum absolute atomic E-state index is 0.0106. The highest BCUT2D eigenvalue weighted by Crippen LogP contribution is 2.35. The summed E-state index contributed by atoms with van der Waals surface area (Å²) >= 11 is 5.90. The number of carbonyl (C=O) groups is 1. The number of ether oxygens (including phenoxy) is 4. The number of anilines is 2. The molecule has 0 aliphatic carbocycles. The lowest BCUT2D eigenvalue weighted by Crippen LogP contribution is -2.32. The van der Waals surface area contributed by atoms with Crippen LogP contribution in [0.5, 0.6) is 28.7 Å². The van der Waals surface area contributed by atoms with Gasteiger partial charge in [-0.2, -0.15) is 0 Å². The number of phenolic OH excluding ortho intramolecular Hbond substituents is 2. The fourth-order valence-corrected chi connectivity index (χ4v) is 5.28. The lowest BCUT2D eigenvalue weighted by molar-refractivity contribution is -0.123. The number of oxazole rings is 1. The van der Waals surface area contributed by atoms with Gasteiger partial charge in [-0.15, -0.1) is 0 Å². The maximum absolute atomic E-state index is 13.9. The summed E-state index contributed by atoms with van der Waals surface area (Å²) in [6.45, 7) is 0.299. The van der Waals surface area contributed by atoms with E-state index in [9.17, 15) is 28.6 Å². The molecule has 0 aliphatic rings. The second kappa shape index (κ2) is 15.8. The van der Waals surface area contributed by atoms with E-state index in [1.54, 1.807) is 18.2 Å². The van der Waals surface area contributed by atoms with E-state index in [-0.39, 0.29) is 67.1 Å². The number of aromatic hydroxyl groups is 2. The van der Waals surface area contributed by atoms with E-state index in [2.05, 4.69) is 20.6 Å². The third-order valence-electron chi connectivity index (χ3n) is 7.62. The molecule has 6 aromatic rings. The summed E-state index contributed by atoms with van der Waals surface area (Å²) in [6.07, 6.45) is 1.38. The number of hydrogen-bond donors (Lipinski definition) is 4. The highest BCUT2D eigenvalue weighted by atomic mass is 35.5. The van der Waals surface area contributed by atoms with E-state index in [4.69, 9.17) is 35.0 Å². The Bertz CT molecular complexity index is 2320. The first-order chi connectivity index (χ1) is 25.1. The van der Waals surface area contributed by atoms with E-state index >= 15 is 0 Å². The Hall–Kier alpha value is -6.13. The van der Waals surface area contributed by atoms with Gasteiger partial charge in [-0.25, -0.2) is 23.5 Å². The Morgan fingerprint density at radius 2 is 1.77 bits per heavy atom. The second-order valence-corrected chi connectivity index (χ2v) is 11.5. The molecule has 1 amide bonds. The van der Waals surface area contributed by atoms with Crippen molar-refractivity contribution < 1.29 is 47.2 Å². The number of amides is 1. The van der Waals surface area contributed by atoms with Crippen molar-refractivity contribution in [2.24, 2.45) is 0 Å². The number of nitrogens with zero attached hydrogens (tertiary/aromatic N) is 3. The first-order valence-corrected chi connectivity index (χ1v) is 16.0. The van der Waals surface area contributed by atoms with Crippen molar-refractivity contribution in [2.75, 3.05) is 45.4 Å². The van der Waals surface area contributed by atoms with Crippen LogP contribution >= 0.6 is 11.6 Å². The predicted molar refractivity (Wildman–Crippen MR) is 185 cm³/mol. The molecule has 2 aromatic heterocycles. The summed E-state index contributed by atoms with van der Waals surface area (Å²) < 4.78 is 56.0. The van der Waals surface area contributed by atoms with Crippen molar-refractivity contribution in [3.8, 4) is 28.7 Å². The lowest BCUT2D eigenvalue weighted by atomic mass is 10.2. The third-order valence-corrected chi connectivity index (χ3v) is 7.91. The molecule has 0 bridgehead atoms. The van der Waals surface area contributed by atoms with Crippen molar-refractivity contribution in [3.05, 3.63) is 99.8 Å². The number of fused-ring (bicyclic) bond motifs is 2. The topological polar surface area (TPSA) is 179 Å². The Morgan fingerprint density at radius 3 is 2.56 bits per heavy atom. The maximum Gasteiger partial charge on any atom is 0.420 e. The smallest absolute Gasteiger partial charge is 0.420 e. The summed E-state index contributed by atoms with van der Waals surface area (Å²) in [4.78, 5) is 33.1. The van der Waals surface area contributed by atoms with Gasteiger partial charge in [-0.1, -0.05) is 17.7 Å². The van der Waals surface area contributed by atoms with Crippen LogP contribution in [0, 0.1) is 11.6 Å². The number of aromatic nitrogens is 3. The number of nitrogens with one attached hydrogen (secondary N) is 2. The molecule has 52 heavy (non-hydrogen) atoms. The van der Waals surface area contributed by atoms with Gasteiger partial charge >= 0.3 is 5.76 Å². The standard InChI is InChI=1S/C35H30ClF2N5O9/c1-48-31-12-21-25(40-18-41-34(21)42-20-3-4-23(37)22(36)11-20)14-32(31)50-9-8-49-7-6-39-33(46)17-51-29-5-2-19(10-28(29)45)16-43-26-13-24(38)27(44)15-30(26)52-35(43)47/h2-5,10-15,18,44-45H,6-9,16-17H2,1H3,(H,39,46)(H,40,41,42). The Kier molecular flexibility index (Phi) is 10.9. The highest BCUT2D eigenvalue weighted by molar-refractivity contribution is 6.31. The normalized spacial score (nSPS) is 11.2. The van der Waals surface area contributed by atoms with E-state index in [1.807, 2.05) is 0 Å². The average molecular weight is 738 g/mol. The summed E-state index contributed by atoms with van der Waals surface area (Å²) in [5.41, 5.74) is 1.72. The van der Waals surface area contributed by atoms with Crippen LogP contribution in [0.3, 0.4) is 0 Å². The van der Waals surface area contributed by atoms with Gasteiger partial charge in [0.1, 0.15) is 24.6 Å². The van der Waals surface area contributed by atoms with E-state index in [0.29, 0.717) is 39.5 Å². The summed E-state index contributed by atoms with van der Waals surface area (Å²) in [5.74, 6) is -2.25. The number of hydrogen-bond acceptors (Lipinski definition) is 12. The number of halogens is 3. The number of phenols is 2. The molecule has 0 radical (unpaired) electrons. The molecule has 14 nitrogen and oxygen atoms in total. The molecule has 0 spiro atoms. The molecule has 270 valence electrons. The summed E-state index contributed by atoms with van der Waals surface area (Å²) in [6, 6.07) is 14.0. The van der Waals surface area contributed by atoms with Gasteiger partial charge in [0.2, 0.25) is 0 Å². The zero-order chi connectivity index (χ0) is 36.8. The van der Waals surface area contributed by atoms with Gasteiger partial charge in [0.05, 0.1) is 42.9 Å². The van der Waals surface area contributed by atoms with Crippen LogP contribution in [0.1, 0.15) is 5.56 Å². The minimum Gasteiger partial charge on any atom is -0.505 e. The fraction of sp³-hybridized carbons (Fsp3) is 0.200. The van der Waals surface area contributed by atoms with E-state index < -0.39 is 29.0 Å². The average Bonchev–Trinajstić information content (AvgIpc) is 3.41. The van der Waals surface area contributed by atoms with Gasteiger partial charge in [0, 0.05) is 35.8 Å². The zero-order valence-corrected chi connectivity index (χ0v) is 28.1. The number of benzene rings is 4. The first-order valence-electron chi connectivity index (χ1n) is 15.6. The zero-order valence-electron chi connectivity index (χ0n) is 27.3. The SMILES string of the molecule is COc1cc2c(Nc3ccc(F)c(Cl)c3)ncnc2cc1OCCOCCNC(=O)COc1ccc(Cn2c(=O)oc3cc(O)c(F)cc32)cc1O. The Balaban J connectivity index is 0.927. The number of rotatable bonds is 15. The largest absolute Gasteiger partial charge is 0.505 e. The van der Waals surface area contributed by atoms with Crippen LogP contribution in [-0.4, -0.2) is 70.7 Å². The van der Waals surface area contributed by atoms with Crippen molar-refractivity contribution in [1.29, 1.82) is 0 Å². The molecule has 0 atom stereocenters. The van der Waals surface area contributed by atoms with Crippen LogP contribution in [0.2, 0.25) is 5.02 Å². The number of methoxy groups -OCH3 is 1. The van der Waals surface area contributed by atoms with Crippen molar-refractivity contribution in [1.82, 2.24) is 19.9 Å². The van der Waals surface area contributed by atoms with Crippen LogP contribution in [-0.2, 0) is 16.1 Å². The van der Waals surface area contributed by atoms with Crippen molar-refractivity contribution in [3.63, 3.8) is 0 Å². The first kappa shape index (κ1) is 35.7. The van der Waals surface area contributed by atoms with E-state index in [1.165, 1.54) is 43.8 Å². The molecule has 4 aromatic carbocycles. The molecular formula is C35H30ClF2N5O9. The van der Waals surface area contributed by atoms with Crippen LogP contribution < -0.4 is 30.6 Å². The van der Waals surface area contributed by atoms with Crippen LogP contribution in [0.4, 0.5) is 20.3 Å². The van der Waals surface area contributed by atoms with Gasteiger partial charge in [-0.3, -0.25) is 9.36 Å². The third kappa shape index (κ3) is 8.25. The van der Waals surface area contributed by atoms with Crippen molar-refractivity contribution >= 4 is 51.0 Å². The highest BCUT2D eigenvalue weighted by Gasteiger charge is 2.16. The molecule has 17 heteroatoms. The van der Waals surface area contributed by atoms with Crippen LogP contribution in [0.25, 0.3) is 22.0 Å². The second-order valence-electron chi connectivity index (χ2n) is 11.1. The summed E-state index contributed by atoms with van der Waals surface area (Å²) in [7, 11) is 1.50. The Morgan fingerprint density at radius 1 is 0.923 bits per heavy atom. The van der Waals surface area contributed by atoms with Gasteiger partial charge < -0.3 is 44.2 Å². The molecule has 0 aliphatic heterocycles. The maximum atomic E-state index is 13.9. The molecule has 0 fully saturated rings. The monoisotopic (exact) mass is 737 g/mol. The predicted octanol–water partition coefficient (Wildman–Crippen LogP) is 5.27. The molecule has 0 saturated carbocycles. The van der Waals surface area contributed by atoms with Gasteiger partial charge in [0.25, 0.3) is 5.91 Å². The Labute approximate surface area is 298 Å². The molecular weight excluding hydrogens is 708 g/mol. The van der Waals surface area contributed by atoms with Crippen LogP contribution in [0.15, 0.2) is 76.2 Å². The van der Waals surface area contributed by atoms with Gasteiger partial charge in [-0.05, 0) is 42.0 Å². The molecule has 6 rings (SSSR count). The lowest BCUT2D eigenvalue weighted by Gasteiger charge is -2.14. The quantitative estimate of drug-likeness (QED) is 0.101. The number of carbonyl (C=O) groups excluding carboxylic acids is 1. The minimum atomic E-state index is -0.913. The molecule has 4 N–H and O–H groups in total. The van der Waals surface area contributed by atoms with Gasteiger partial charge in [0.15, 0.2) is 46.8 Å². The van der Waals surface area contributed by atoms with Crippen molar-refractivity contribution in [2.45, 2.75) is 6.54 Å². The summed E-state index contributed by atoms with van der Waals surface area (Å²) in [5, 5.41) is 26.3. The van der Waals surface area contributed by atoms with E-state index in [0.717, 1.165) is 16.7 Å². The molecule has 2 heterocycles. The molecule has 0 unspecified atom stereocenters.